The molecule has 2 aromatic carbocycles. The average molecular weight is 404 g/mol. The summed E-state index contributed by atoms with van der Waals surface area (Å²) in [7, 11) is -3.43. The molecule has 6 heteroatoms. The number of pyridine rings is 1. The molecular formula is C23H20N2O3S. The summed E-state index contributed by atoms with van der Waals surface area (Å²) < 4.78 is 25.3. The van der Waals surface area contributed by atoms with E-state index in [-0.39, 0.29) is 0 Å². The fourth-order valence-corrected chi connectivity index (χ4v) is 4.18. The maximum atomic E-state index is 12.8. The molecule has 0 saturated carbocycles. The van der Waals surface area contributed by atoms with Crippen LogP contribution in [0.2, 0.25) is 0 Å². The molecule has 0 spiro atoms. The van der Waals surface area contributed by atoms with Crippen molar-refractivity contribution >= 4 is 26.4 Å². The van der Waals surface area contributed by atoms with E-state index in [2.05, 4.69) is 11.1 Å². The first-order valence-electron chi connectivity index (χ1n) is 9.20. The maximum absolute atomic E-state index is 12.8. The topological polar surface area (TPSA) is 69.0 Å². The number of sulfone groups is 1. The van der Waals surface area contributed by atoms with Crippen LogP contribution in [0, 0.1) is 0 Å². The summed E-state index contributed by atoms with van der Waals surface area (Å²) in [5.74, 6) is -0.929. The second-order valence-electron chi connectivity index (χ2n) is 7.06. The highest BCUT2D eigenvalue weighted by Gasteiger charge is 2.20. The van der Waals surface area contributed by atoms with Gasteiger partial charge in [0.15, 0.2) is 15.6 Å². The van der Waals surface area contributed by atoms with Gasteiger partial charge in [-0.2, -0.15) is 0 Å². The minimum absolute atomic E-state index is 0.377. The van der Waals surface area contributed by atoms with Gasteiger partial charge in [-0.1, -0.05) is 42.5 Å². The maximum Gasteiger partial charge on any atom is 0.194 e. The molecule has 0 aliphatic carbocycles. The zero-order valence-electron chi connectivity index (χ0n) is 15.9. The van der Waals surface area contributed by atoms with Crippen LogP contribution in [0.25, 0.3) is 22.0 Å². The zero-order chi connectivity index (χ0) is 20.4. The molecule has 0 radical (unpaired) electrons. The van der Waals surface area contributed by atoms with Crippen molar-refractivity contribution in [3.8, 4) is 11.3 Å². The molecule has 146 valence electrons. The summed E-state index contributed by atoms with van der Waals surface area (Å²) >= 11 is 0. The molecule has 0 bridgehead atoms. The fourth-order valence-electron chi connectivity index (χ4n) is 3.56. The molecule has 0 unspecified atom stereocenters. The molecule has 2 aromatic heterocycles. The first kappa shape index (κ1) is 19.1. The number of carbonyl (C=O) groups excluding carboxylic acids is 1. The van der Waals surface area contributed by atoms with Gasteiger partial charge >= 0.3 is 0 Å². The van der Waals surface area contributed by atoms with Gasteiger partial charge in [-0.15, -0.1) is 0 Å². The first-order valence-corrected chi connectivity index (χ1v) is 11.3. The minimum Gasteiger partial charge on any atom is -0.333 e. The fraction of sp³-hybridized carbons (Fsp3) is 0.130. The first-order chi connectivity index (χ1) is 13.9. The van der Waals surface area contributed by atoms with Crippen LogP contribution >= 0.6 is 0 Å². The number of Topliss-reactive ketones (excluding diaryl/α,β-unsaturated/α-hetero) is 1. The Balaban J connectivity index is 1.85. The number of benzene rings is 2. The Morgan fingerprint density at radius 3 is 2.52 bits per heavy atom. The van der Waals surface area contributed by atoms with E-state index in [1.165, 1.54) is 0 Å². The van der Waals surface area contributed by atoms with E-state index in [0.717, 1.165) is 33.8 Å². The highest BCUT2D eigenvalue weighted by molar-refractivity contribution is 7.91. The smallest absolute Gasteiger partial charge is 0.194 e. The van der Waals surface area contributed by atoms with Crippen molar-refractivity contribution in [1.82, 2.24) is 9.55 Å². The lowest BCUT2D eigenvalue weighted by molar-refractivity contribution is 0.101. The number of aromatic nitrogens is 2. The molecule has 4 rings (SSSR count). The average Bonchev–Trinajstić information content (AvgIpc) is 3.11. The summed E-state index contributed by atoms with van der Waals surface area (Å²) in [4.78, 5) is 16.9. The Labute approximate surface area is 169 Å². The predicted molar refractivity (Wildman–Crippen MR) is 115 cm³/mol. The Morgan fingerprint density at radius 1 is 0.966 bits per heavy atom. The van der Waals surface area contributed by atoms with Gasteiger partial charge in [-0.25, -0.2) is 8.42 Å². The van der Waals surface area contributed by atoms with E-state index in [0.29, 0.717) is 12.2 Å². The molecule has 0 atom stereocenters. The molecule has 2 heterocycles. The third kappa shape index (κ3) is 4.12. The SMILES string of the molecule is CS(=O)(=O)CC(=O)c1ccc(-c2cccnc2)n1Cc1cccc2ccccc12. The van der Waals surface area contributed by atoms with Crippen LogP contribution < -0.4 is 0 Å². The molecule has 0 aliphatic rings. The van der Waals surface area contributed by atoms with Crippen molar-refractivity contribution in [2.75, 3.05) is 12.0 Å². The van der Waals surface area contributed by atoms with Gasteiger partial charge < -0.3 is 4.57 Å². The van der Waals surface area contributed by atoms with Crippen LogP contribution in [0.3, 0.4) is 0 Å². The summed E-state index contributed by atoms with van der Waals surface area (Å²) in [6, 6.07) is 21.4. The van der Waals surface area contributed by atoms with E-state index >= 15 is 0 Å². The third-order valence-corrected chi connectivity index (χ3v) is 5.61. The van der Waals surface area contributed by atoms with E-state index in [4.69, 9.17) is 0 Å². The Hall–Kier alpha value is -3.25. The highest BCUT2D eigenvalue weighted by Crippen LogP contribution is 2.26. The molecule has 29 heavy (non-hydrogen) atoms. The molecular weight excluding hydrogens is 384 g/mol. The number of hydrogen-bond acceptors (Lipinski definition) is 4. The number of fused-ring (bicyclic) bond motifs is 1. The van der Waals surface area contributed by atoms with Crippen molar-refractivity contribution < 1.29 is 13.2 Å². The lowest BCUT2D eigenvalue weighted by Gasteiger charge is -2.15. The summed E-state index contributed by atoms with van der Waals surface area (Å²) in [6.45, 7) is 0.448. The van der Waals surface area contributed by atoms with Gasteiger partial charge in [-0.3, -0.25) is 9.78 Å². The third-order valence-electron chi connectivity index (χ3n) is 4.83. The standard InChI is InChI=1S/C23H20N2O3S/c1-29(27,28)16-23(26)22-12-11-21(18-9-5-13-24-14-18)25(22)15-19-8-4-7-17-6-2-3-10-20(17)19/h2-14H,15-16H2,1H3. The lowest BCUT2D eigenvalue weighted by atomic mass is 10.0. The van der Waals surface area contributed by atoms with Gasteiger partial charge in [0.05, 0.1) is 11.4 Å². The highest BCUT2D eigenvalue weighted by atomic mass is 32.2. The molecule has 0 aliphatic heterocycles. The monoisotopic (exact) mass is 404 g/mol. The summed E-state index contributed by atoms with van der Waals surface area (Å²) in [5.41, 5.74) is 3.12. The molecule has 0 saturated heterocycles. The van der Waals surface area contributed by atoms with Crippen LogP contribution in [0.5, 0.6) is 0 Å². The van der Waals surface area contributed by atoms with Crippen LogP contribution in [0.4, 0.5) is 0 Å². The van der Waals surface area contributed by atoms with Crippen LogP contribution in [-0.4, -0.2) is 35.8 Å². The molecule has 0 amide bonds. The van der Waals surface area contributed by atoms with E-state index in [1.54, 1.807) is 18.5 Å². The van der Waals surface area contributed by atoms with Crippen LogP contribution in [0.1, 0.15) is 16.1 Å². The van der Waals surface area contributed by atoms with Gasteiger partial charge in [0, 0.05) is 30.8 Å². The molecule has 4 aromatic rings. The van der Waals surface area contributed by atoms with Crippen molar-refractivity contribution in [3.63, 3.8) is 0 Å². The second-order valence-corrected chi connectivity index (χ2v) is 9.20. The van der Waals surface area contributed by atoms with Gasteiger partial charge in [-0.05, 0) is 40.6 Å². The Bertz CT molecular complexity index is 1290. The van der Waals surface area contributed by atoms with Crippen molar-refractivity contribution in [1.29, 1.82) is 0 Å². The Morgan fingerprint density at radius 2 is 1.76 bits per heavy atom. The Kier molecular flexibility index (Phi) is 5.03. The quantitative estimate of drug-likeness (QED) is 0.456. The molecule has 0 fully saturated rings. The second kappa shape index (κ2) is 7.64. The minimum atomic E-state index is -3.43. The lowest BCUT2D eigenvalue weighted by Crippen LogP contribution is -2.19. The predicted octanol–water partition coefficient (Wildman–Crippen LogP) is 3.98. The summed E-state index contributed by atoms with van der Waals surface area (Å²) in [5, 5.41) is 2.21. The van der Waals surface area contributed by atoms with Crippen LogP contribution in [0.15, 0.2) is 79.1 Å². The summed E-state index contributed by atoms with van der Waals surface area (Å²) in [6.07, 6.45) is 4.50. The molecule has 0 N–H and O–H groups in total. The van der Waals surface area contributed by atoms with Crippen LogP contribution in [-0.2, 0) is 16.4 Å². The number of ketones is 1. The van der Waals surface area contributed by atoms with E-state index in [1.807, 2.05) is 59.2 Å². The van der Waals surface area contributed by atoms with E-state index in [9.17, 15) is 13.2 Å². The van der Waals surface area contributed by atoms with Crippen molar-refractivity contribution in [3.05, 3.63) is 90.4 Å². The number of rotatable bonds is 6. The number of carbonyl (C=O) groups is 1. The number of hydrogen-bond donors (Lipinski definition) is 0. The normalized spacial score (nSPS) is 11.6. The van der Waals surface area contributed by atoms with Gasteiger partial charge in [0.2, 0.25) is 0 Å². The van der Waals surface area contributed by atoms with Crippen molar-refractivity contribution in [2.45, 2.75) is 6.54 Å². The van der Waals surface area contributed by atoms with E-state index < -0.39 is 21.4 Å². The largest absolute Gasteiger partial charge is 0.333 e. The van der Waals surface area contributed by atoms with Gasteiger partial charge in [0.1, 0.15) is 5.75 Å². The molecule has 5 nitrogen and oxygen atoms in total. The zero-order valence-corrected chi connectivity index (χ0v) is 16.8. The van der Waals surface area contributed by atoms with Gasteiger partial charge in [0.25, 0.3) is 0 Å². The van der Waals surface area contributed by atoms with Crippen molar-refractivity contribution in [2.24, 2.45) is 0 Å². The number of nitrogens with zero attached hydrogens (tertiary/aromatic N) is 2.